The number of hydrogen-bond donors (Lipinski definition) is 2. The van der Waals surface area contributed by atoms with Crippen LogP contribution in [-0.4, -0.2) is 38.7 Å². The summed E-state index contributed by atoms with van der Waals surface area (Å²) < 4.78 is 29.5. The Bertz CT molecular complexity index is 604. The molecule has 3 N–H and O–H groups in total. The van der Waals surface area contributed by atoms with Gasteiger partial charge in [-0.05, 0) is 25.8 Å². The Labute approximate surface area is 118 Å². The van der Waals surface area contributed by atoms with Gasteiger partial charge in [0.05, 0.1) is 6.10 Å². The fraction of sp³-hybridized carbons (Fsp3) is 0.583. The largest absolute Gasteiger partial charge is 0.380 e. The number of hydrogen-bond acceptors (Lipinski definition) is 4. The van der Waals surface area contributed by atoms with Gasteiger partial charge in [0.25, 0.3) is 5.91 Å². The Morgan fingerprint density at radius 1 is 1.60 bits per heavy atom. The second-order valence-corrected chi connectivity index (χ2v) is 6.56. The van der Waals surface area contributed by atoms with E-state index < -0.39 is 10.0 Å². The van der Waals surface area contributed by atoms with Crippen LogP contribution in [0.2, 0.25) is 0 Å². The molecule has 0 bridgehead atoms. The van der Waals surface area contributed by atoms with Crippen LogP contribution in [-0.2, 0) is 14.8 Å². The number of aromatic nitrogens is 1. The lowest BCUT2D eigenvalue weighted by Crippen LogP contribution is -2.32. The third-order valence-electron chi connectivity index (χ3n) is 3.28. The van der Waals surface area contributed by atoms with Crippen molar-refractivity contribution in [3.05, 3.63) is 18.0 Å². The lowest BCUT2D eigenvalue weighted by Gasteiger charge is -2.12. The highest BCUT2D eigenvalue weighted by molar-refractivity contribution is 7.89. The molecule has 1 aromatic heterocycles. The van der Waals surface area contributed by atoms with Crippen molar-refractivity contribution in [3.8, 4) is 0 Å². The Morgan fingerprint density at radius 2 is 2.25 bits per heavy atom. The van der Waals surface area contributed by atoms with Gasteiger partial charge < -0.3 is 14.6 Å². The molecule has 20 heavy (non-hydrogen) atoms. The van der Waals surface area contributed by atoms with Gasteiger partial charge in [0.1, 0.15) is 10.6 Å². The van der Waals surface area contributed by atoms with E-state index in [0.717, 1.165) is 12.8 Å². The van der Waals surface area contributed by atoms with Crippen molar-refractivity contribution in [2.75, 3.05) is 13.7 Å². The third kappa shape index (κ3) is 3.38. The first-order chi connectivity index (χ1) is 9.32. The van der Waals surface area contributed by atoms with Crippen molar-refractivity contribution in [2.24, 2.45) is 5.14 Å². The fourth-order valence-electron chi connectivity index (χ4n) is 1.86. The maximum Gasteiger partial charge on any atom is 0.268 e. The van der Waals surface area contributed by atoms with Crippen LogP contribution in [0.1, 0.15) is 36.3 Å². The predicted molar refractivity (Wildman–Crippen MR) is 72.9 cm³/mol. The molecule has 1 heterocycles. The average molecular weight is 301 g/mol. The summed E-state index contributed by atoms with van der Waals surface area (Å²) in [6.07, 6.45) is 3.20. The van der Waals surface area contributed by atoms with Gasteiger partial charge in [-0.1, -0.05) is 0 Å². The molecule has 1 fully saturated rings. The highest BCUT2D eigenvalue weighted by Gasteiger charge is 2.29. The molecular weight excluding hydrogens is 282 g/mol. The molecule has 0 spiro atoms. The van der Waals surface area contributed by atoms with Gasteiger partial charge in [0.15, 0.2) is 0 Å². The van der Waals surface area contributed by atoms with E-state index in [1.54, 1.807) is 11.7 Å². The molecule has 1 saturated carbocycles. The van der Waals surface area contributed by atoms with Crippen LogP contribution < -0.4 is 10.5 Å². The second-order valence-electron chi connectivity index (χ2n) is 5.00. The molecule has 0 aromatic carbocycles. The Kier molecular flexibility index (Phi) is 4.17. The molecule has 112 valence electrons. The van der Waals surface area contributed by atoms with Crippen molar-refractivity contribution in [1.29, 1.82) is 0 Å². The lowest BCUT2D eigenvalue weighted by atomic mass is 10.3. The predicted octanol–water partition coefficient (Wildman–Crippen LogP) is 0.235. The van der Waals surface area contributed by atoms with E-state index >= 15 is 0 Å². The summed E-state index contributed by atoms with van der Waals surface area (Å²) in [4.78, 5) is 12.1. The maximum atomic E-state index is 12.1. The summed E-state index contributed by atoms with van der Waals surface area (Å²) in [5.41, 5.74) is 0.319. The van der Waals surface area contributed by atoms with E-state index in [-0.39, 0.29) is 22.9 Å². The van der Waals surface area contributed by atoms with Gasteiger partial charge in [-0.15, -0.1) is 0 Å². The SMILES string of the molecule is COC(C)CNC(=O)c1cc(S(N)(=O)=O)cn1C1CC1. The standard InChI is InChI=1S/C12H19N3O4S/c1-8(19-2)6-14-12(16)11-5-10(20(13,17)18)7-15(11)9-3-4-9/h5,7-9H,3-4,6H2,1-2H3,(H,14,16)(H2,13,17,18). The number of rotatable bonds is 6. The first-order valence-corrected chi connectivity index (χ1v) is 7.93. The number of carbonyl (C=O) groups is 1. The van der Waals surface area contributed by atoms with Crippen molar-refractivity contribution in [3.63, 3.8) is 0 Å². The summed E-state index contributed by atoms with van der Waals surface area (Å²) in [6.45, 7) is 2.19. The van der Waals surface area contributed by atoms with Crippen molar-refractivity contribution in [1.82, 2.24) is 9.88 Å². The molecule has 0 saturated heterocycles. The zero-order valence-corrected chi connectivity index (χ0v) is 12.3. The third-order valence-corrected chi connectivity index (χ3v) is 4.16. The number of nitrogens with two attached hydrogens (primary N) is 1. The molecule has 2 rings (SSSR count). The van der Waals surface area contributed by atoms with Crippen LogP contribution in [0.15, 0.2) is 17.2 Å². The molecule has 1 aromatic rings. The molecule has 1 aliphatic carbocycles. The number of sulfonamides is 1. The molecule has 1 amide bonds. The number of amides is 1. The van der Waals surface area contributed by atoms with Gasteiger partial charge in [-0.25, -0.2) is 13.6 Å². The molecular formula is C12H19N3O4S. The number of nitrogens with one attached hydrogen (secondary N) is 1. The summed E-state index contributed by atoms with van der Waals surface area (Å²) in [7, 11) is -2.25. The first-order valence-electron chi connectivity index (χ1n) is 6.38. The minimum Gasteiger partial charge on any atom is -0.380 e. The molecule has 1 unspecified atom stereocenters. The molecule has 0 radical (unpaired) electrons. The smallest absolute Gasteiger partial charge is 0.268 e. The second kappa shape index (κ2) is 5.55. The molecule has 0 aliphatic heterocycles. The van der Waals surface area contributed by atoms with Gasteiger partial charge in [0.2, 0.25) is 10.0 Å². The summed E-state index contributed by atoms with van der Waals surface area (Å²) in [5.74, 6) is -0.323. The summed E-state index contributed by atoms with van der Waals surface area (Å²) >= 11 is 0. The topological polar surface area (TPSA) is 103 Å². The summed E-state index contributed by atoms with van der Waals surface area (Å²) in [5, 5.41) is 7.83. The Morgan fingerprint density at radius 3 is 2.75 bits per heavy atom. The van der Waals surface area contributed by atoms with E-state index in [1.165, 1.54) is 12.3 Å². The number of methoxy groups -OCH3 is 1. The number of ether oxygens (including phenoxy) is 1. The Balaban J connectivity index is 2.21. The minimum atomic E-state index is -3.81. The molecule has 1 atom stereocenters. The first kappa shape index (κ1) is 15.0. The molecule has 7 nitrogen and oxygen atoms in total. The number of primary sulfonamides is 1. The van der Waals surface area contributed by atoms with E-state index in [9.17, 15) is 13.2 Å². The quantitative estimate of drug-likeness (QED) is 0.785. The van der Waals surface area contributed by atoms with Crippen LogP contribution in [0.4, 0.5) is 0 Å². The maximum absolute atomic E-state index is 12.1. The zero-order chi connectivity index (χ0) is 14.9. The highest BCUT2D eigenvalue weighted by atomic mass is 32.2. The van der Waals surface area contributed by atoms with Crippen LogP contribution in [0.3, 0.4) is 0 Å². The van der Waals surface area contributed by atoms with Crippen LogP contribution in [0, 0.1) is 0 Å². The van der Waals surface area contributed by atoms with E-state index in [1.807, 2.05) is 6.92 Å². The minimum absolute atomic E-state index is 0.0330. The van der Waals surface area contributed by atoms with Gasteiger partial charge in [-0.2, -0.15) is 0 Å². The zero-order valence-electron chi connectivity index (χ0n) is 11.5. The van der Waals surface area contributed by atoms with E-state index in [2.05, 4.69) is 5.32 Å². The van der Waals surface area contributed by atoms with Crippen LogP contribution in [0.5, 0.6) is 0 Å². The van der Waals surface area contributed by atoms with Crippen molar-refractivity contribution < 1.29 is 17.9 Å². The monoisotopic (exact) mass is 301 g/mol. The van der Waals surface area contributed by atoms with Crippen molar-refractivity contribution in [2.45, 2.75) is 36.8 Å². The van der Waals surface area contributed by atoms with E-state index in [0.29, 0.717) is 12.2 Å². The van der Waals surface area contributed by atoms with Gasteiger partial charge >= 0.3 is 0 Å². The average Bonchev–Trinajstić information content (AvgIpc) is 3.12. The van der Waals surface area contributed by atoms with E-state index in [4.69, 9.17) is 9.88 Å². The number of carbonyl (C=O) groups excluding carboxylic acids is 1. The Hall–Kier alpha value is -1.38. The summed E-state index contributed by atoms with van der Waals surface area (Å²) in [6, 6.07) is 1.51. The molecule has 1 aliphatic rings. The van der Waals surface area contributed by atoms with Crippen LogP contribution >= 0.6 is 0 Å². The normalized spacial score (nSPS) is 16.9. The fourth-order valence-corrected chi connectivity index (χ4v) is 2.39. The number of nitrogens with zero attached hydrogens (tertiary/aromatic N) is 1. The van der Waals surface area contributed by atoms with Crippen molar-refractivity contribution >= 4 is 15.9 Å². The van der Waals surface area contributed by atoms with Gasteiger partial charge in [-0.3, -0.25) is 4.79 Å². The highest BCUT2D eigenvalue weighted by Crippen LogP contribution is 2.37. The molecule has 8 heteroatoms. The lowest BCUT2D eigenvalue weighted by molar-refractivity contribution is 0.0862. The van der Waals surface area contributed by atoms with Crippen LogP contribution in [0.25, 0.3) is 0 Å². The van der Waals surface area contributed by atoms with Gasteiger partial charge in [0, 0.05) is 25.9 Å².